The normalized spacial score (nSPS) is 25.5. The quantitative estimate of drug-likeness (QED) is 0.438. The number of carbonyl (C=O) groups excluding carboxylic acids is 2. The fourth-order valence-electron chi connectivity index (χ4n) is 5.06. The summed E-state index contributed by atoms with van der Waals surface area (Å²) in [6, 6.07) is 18.6. The molecule has 176 valence electrons. The molecule has 0 aliphatic carbocycles. The Labute approximate surface area is 197 Å². The molecule has 3 fully saturated rings. The van der Waals surface area contributed by atoms with Crippen LogP contribution in [0, 0.1) is 0 Å². The third-order valence-electron chi connectivity index (χ3n) is 6.46. The lowest BCUT2D eigenvalue weighted by Crippen LogP contribution is -2.69. The van der Waals surface area contributed by atoms with Crippen LogP contribution in [-0.4, -0.2) is 61.5 Å². The Balaban J connectivity index is 1.70. The molecule has 3 atom stereocenters. The molecule has 3 heterocycles. The van der Waals surface area contributed by atoms with Crippen molar-refractivity contribution in [3.8, 4) is 0 Å². The molecule has 3 saturated heterocycles. The Kier molecular flexibility index (Phi) is 6.75. The molecule has 33 heavy (non-hydrogen) atoms. The molecule has 3 aliphatic rings. The van der Waals surface area contributed by atoms with Crippen LogP contribution >= 0.6 is 0 Å². The largest absolute Gasteiger partial charge is 0.389 e. The first-order chi connectivity index (χ1) is 15.7. The molecule has 6 nitrogen and oxygen atoms in total. The maximum atomic E-state index is 14.0. The highest BCUT2D eigenvalue weighted by Gasteiger charge is 2.60. The Morgan fingerprint density at radius 1 is 0.909 bits per heavy atom. The van der Waals surface area contributed by atoms with Crippen molar-refractivity contribution in [3.05, 3.63) is 71.8 Å². The Bertz CT molecular complexity index is 979. The van der Waals surface area contributed by atoms with Crippen LogP contribution in [0.3, 0.4) is 0 Å². The summed E-state index contributed by atoms with van der Waals surface area (Å²) in [7, 11) is -0.493. The van der Waals surface area contributed by atoms with Crippen LogP contribution in [0.4, 0.5) is 0 Å². The number of rotatable bonds is 8. The highest BCUT2D eigenvalue weighted by molar-refractivity contribution is 6.69. The van der Waals surface area contributed by atoms with Crippen LogP contribution in [0.2, 0.25) is 19.6 Å². The number of nitrogens with zero attached hydrogens (tertiary/aromatic N) is 2. The number of benzene rings is 2. The number of amides is 2. The first-order valence-electron chi connectivity index (χ1n) is 11.7. The van der Waals surface area contributed by atoms with E-state index in [1.54, 1.807) is 16.9 Å². The lowest BCUT2D eigenvalue weighted by Gasteiger charge is -2.48. The average Bonchev–Trinajstić information content (AvgIpc) is 2.97. The Hall–Kier alpha value is -2.48. The third kappa shape index (κ3) is 4.90. The van der Waals surface area contributed by atoms with Gasteiger partial charge in [-0.1, -0.05) is 60.7 Å². The van der Waals surface area contributed by atoms with Gasteiger partial charge in [-0.3, -0.25) is 9.59 Å². The molecule has 0 N–H and O–H groups in total. The molecule has 0 aromatic heterocycles. The molecule has 2 aromatic rings. The molecular weight excluding hydrogens is 432 g/mol. The topological polar surface area (TPSA) is 59.1 Å². The summed E-state index contributed by atoms with van der Waals surface area (Å²) in [5.74, 6) is -1.23. The van der Waals surface area contributed by atoms with E-state index in [4.69, 9.17) is 9.16 Å². The molecule has 0 radical (unpaired) electrons. The van der Waals surface area contributed by atoms with Crippen molar-refractivity contribution in [1.29, 1.82) is 0 Å². The van der Waals surface area contributed by atoms with E-state index < -0.39 is 26.2 Å². The van der Waals surface area contributed by atoms with Crippen LogP contribution in [0.15, 0.2) is 60.7 Å². The number of hydrogen-bond acceptors (Lipinski definition) is 4. The number of carbonyl (C=O) groups is 2. The summed E-state index contributed by atoms with van der Waals surface area (Å²) < 4.78 is 12.6. The van der Waals surface area contributed by atoms with Crippen molar-refractivity contribution in [2.45, 2.75) is 63.3 Å². The first kappa shape index (κ1) is 23.7. The molecular formula is C26H34N2O4Si. The molecule has 2 amide bonds. The summed E-state index contributed by atoms with van der Waals surface area (Å²) in [6.45, 7) is 7.13. The first-order valence-corrected chi connectivity index (χ1v) is 15.1. The average molecular weight is 467 g/mol. The summed E-state index contributed by atoms with van der Waals surface area (Å²) in [5, 5.41) is 0. The summed E-state index contributed by atoms with van der Waals surface area (Å²) in [4.78, 5) is 31.3. The predicted octanol–water partition coefficient (Wildman–Crippen LogP) is 3.83. The minimum atomic E-state index is -2.10. The zero-order valence-corrected chi connectivity index (χ0v) is 21.0. The van der Waals surface area contributed by atoms with Gasteiger partial charge in [-0.05, 0) is 43.6 Å². The maximum absolute atomic E-state index is 14.0. The number of hydrogen-bond donors (Lipinski definition) is 0. The van der Waals surface area contributed by atoms with Crippen molar-refractivity contribution in [1.82, 2.24) is 9.80 Å². The molecule has 1 unspecified atom stereocenters. The van der Waals surface area contributed by atoms with Crippen molar-refractivity contribution in [2.24, 2.45) is 0 Å². The van der Waals surface area contributed by atoms with Gasteiger partial charge in [0.1, 0.15) is 6.04 Å². The van der Waals surface area contributed by atoms with Crippen molar-refractivity contribution >= 4 is 20.1 Å². The van der Waals surface area contributed by atoms with Gasteiger partial charge in [0.05, 0.1) is 0 Å². The Morgan fingerprint density at radius 3 is 2.09 bits per heavy atom. The van der Waals surface area contributed by atoms with Crippen molar-refractivity contribution < 1.29 is 18.8 Å². The molecule has 5 rings (SSSR count). The SMILES string of the molecule is COC1(O[Si](C)(C)C)CC[C@H]2C(=O)N(CCc3ccccc3)[C@@H]1C(=O)N2Cc1ccccc1. The second-order valence-corrected chi connectivity index (χ2v) is 14.3. The summed E-state index contributed by atoms with van der Waals surface area (Å²) in [5.41, 5.74) is 2.14. The summed E-state index contributed by atoms with van der Waals surface area (Å²) >= 11 is 0. The smallest absolute Gasteiger partial charge is 0.251 e. The van der Waals surface area contributed by atoms with Gasteiger partial charge in [-0.15, -0.1) is 0 Å². The molecule has 3 aliphatic heterocycles. The van der Waals surface area contributed by atoms with Gasteiger partial charge in [-0.2, -0.15) is 0 Å². The van der Waals surface area contributed by atoms with Crippen LogP contribution in [-0.2, 0) is 31.7 Å². The standard InChI is InChI=1S/C26H34N2O4Si/c1-31-26(32-33(2,3)4)17-15-22-24(29)27(18-16-20-11-7-5-8-12-20)23(26)25(30)28(22)19-21-13-9-6-10-14-21/h5-14,22-23H,15-19H2,1-4H3/t22-,23+,26?/m0/s1. The lowest BCUT2D eigenvalue weighted by atomic mass is 10.00. The third-order valence-corrected chi connectivity index (χ3v) is 7.42. The van der Waals surface area contributed by atoms with E-state index in [1.807, 2.05) is 60.7 Å². The van der Waals surface area contributed by atoms with Crippen molar-refractivity contribution in [3.63, 3.8) is 0 Å². The highest BCUT2D eigenvalue weighted by Crippen LogP contribution is 2.41. The van der Waals surface area contributed by atoms with Crippen LogP contribution < -0.4 is 0 Å². The van der Waals surface area contributed by atoms with Crippen molar-refractivity contribution in [2.75, 3.05) is 13.7 Å². The van der Waals surface area contributed by atoms with Gasteiger partial charge in [0, 0.05) is 26.6 Å². The van der Waals surface area contributed by atoms with Gasteiger partial charge >= 0.3 is 0 Å². The molecule has 0 spiro atoms. The maximum Gasteiger partial charge on any atom is 0.251 e. The van der Waals surface area contributed by atoms with Gasteiger partial charge < -0.3 is 19.0 Å². The lowest BCUT2D eigenvalue weighted by molar-refractivity contribution is -0.217. The van der Waals surface area contributed by atoms with E-state index in [1.165, 1.54) is 0 Å². The van der Waals surface area contributed by atoms with Crippen LogP contribution in [0.1, 0.15) is 24.0 Å². The molecule has 2 aromatic carbocycles. The minimum absolute atomic E-state index is 0.00966. The monoisotopic (exact) mass is 466 g/mol. The molecule has 0 saturated carbocycles. The van der Waals surface area contributed by atoms with Gasteiger partial charge in [-0.25, -0.2) is 0 Å². The van der Waals surface area contributed by atoms with Crippen LogP contribution in [0.25, 0.3) is 0 Å². The number of fused-ring (bicyclic) bond motifs is 4. The molecule has 2 bridgehead atoms. The fraction of sp³-hybridized carbons (Fsp3) is 0.462. The van der Waals surface area contributed by atoms with E-state index in [2.05, 4.69) is 19.6 Å². The van der Waals surface area contributed by atoms with Gasteiger partial charge in [0.15, 0.2) is 20.1 Å². The van der Waals surface area contributed by atoms with E-state index >= 15 is 0 Å². The zero-order chi connectivity index (χ0) is 23.6. The summed E-state index contributed by atoms with van der Waals surface area (Å²) in [6.07, 6.45) is 1.70. The fourth-order valence-corrected chi connectivity index (χ4v) is 6.39. The zero-order valence-electron chi connectivity index (χ0n) is 20.0. The number of methoxy groups -OCH3 is 1. The van der Waals surface area contributed by atoms with Crippen LogP contribution in [0.5, 0.6) is 0 Å². The minimum Gasteiger partial charge on any atom is -0.389 e. The van der Waals surface area contributed by atoms with E-state index in [-0.39, 0.29) is 11.8 Å². The highest BCUT2D eigenvalue weighted by atomic mass is 28.4. The number of piperazine rings is 1. The van der Waals surface area contributed by atoms with E-state index in [9.17, 15) is 9.59 Å². The van der Waals surface area contributed by atoms with Gasteiger partial charge in [0.2, 0.25) is 5.91 Å². The van der Waals surface area contributed by atoms with Gasteiger partial charge in [0.25, 0.3) is 5.91 Å². The molecule has 7 heteroatoms. The number of ether oxygens (including phenoxy) is 1. The second kappa shape index (κ2) is 9.41. The predicted molar refractivity (Wildman–Crippen MR) is 130 cm³/mol. The second-order valence-electron chi connectivity index (χ2n) is 9.91. The van der Waals surface area contributed by atoms with E-state index in [0.717, 1.165) is 11.1 Å². The Morgan fingerprint density at radius 2 is 1.52 bits per heavy atom. The van der Waals surface area contributed by atoms with E-state index in [0.29, 0.717) is 32.4 Å².